The molecule has 0 atom stereocenters. The van der Waals surface area contributed by atoms with Crippen LogP contribution >= 0.6 is 7.92 Å². The molecule has 4 rings (SSSR count). The summed E-state index contributed by atoms with van der Waals surface area (Å²) in [6.45, 7) is 8.33. The molecule has 2 aromatic rings. The second-order valence-corrected chi connectivity index (χ2v) is 13.9. The number of ether oxygens (including phenoxy) is 4. The van der Waals surface area contributed by atoms with Gasteiger partial charge in [-0.25, -0.2) is 0 Å². The maximum Gasteiger partial charge on any atom is 0.131 e. The van der Waals surface area contributed by atoms with Crippen molar-refractivity contribution < 1.29 is 18.9 Å². The maximum atomic E-state index is 6.45. The largest absolute Gasteiger partial charge is 0.496 e. The van der Waals surface area contributed by atoms with Gasteiger partial charge in [-0.3, -0.25) is 0 Å². The lowest BCUT2D eigenvalue weighted by Crippen LogP contribution is -2.28. The molecule has 0 aliphatic heterocycles. The van der Waals surface area contributed by atoms with Crippen LogP contribution in [-0.4, -0.2) is 37.7 Å². The van der Waals surface area contributed by atoms with Gasteiger partial charge in [0.25, 0.3) is 0 Å². The van der Waals surface area contributed by atoms with E-state index in [0.717, 1.165) is 45.4 Å². The Morgan fingerprint density at radius 2 is 1.05 bits per heavy atom. The molecule has 0 unspecified atom stereocenters. The van der Waals surface area contributed by atoms with Gasteiger partial charge in [-0.2, -0.15) is 0 Å². The van der Waals surface area contributed by atoms with Gasteiger partial charge in [0, 0.05) is 10.9 Å². The normalized spacial score (nSPS) is 17.4. The minimum atomic E-state index is -0.467. The van der Waals surface area contributed by atoms with Crippen molar-refractivity contribution in [1.29, 1.82) is 0 Å². The molecular weight excluding hydrogens is 479 g/mol. The highest BCUT2D eigenvalue weighted by atomic mass is 31.1. The molecule has 0 heterocycles. The van der Waals surface area contributed by atoms with Gasteiger partial charge in [-0.15, -0.1) is 0 Å². The number of hydrogen-bond acceptors (Lipinski definition) is 4. The van der Waals surface area contributed by atoms with E-state index >= 15 is 0 Å². The van der Waals surface area contributed by atoms with Crippen LogP contribution in [0.15, 0.2) is 30.3 Å². The number of benzene rings is 2. The van der Waals surface area contributed by atoms with E-state index in [0.29, 0.717) is 0 Å². The van der Waals surface area contributed by atoms with Crippen molar-refractivity contribution in [3.63, 3.8) is 0 Å². The predicted molar refractivity (Wildman–Crippen MR) is 157 cm³/mol. The summed E-state index contributed by atoms with van der Waals surface area (Å²) in [6, 6.07) is 10.4. The van der Waals surface area contributed by atoms with Gasteiger partial charge in [-0.05, 0) is 89.0 Å². The summed E-state index contributed by atoms with van der Waals surface area (Å²) in [5.74, 6) is 3.57. The summed E-state index contributed by atoms with van der Waals surface area (Å²) in [7, 11) is 3.14. The quantitative estimate of drug-likeness (QED) is 0.290. The lowest BCUT2D eigenvalue weighted by molar-refractivity contribution is 0.231. The second kappa shape index (κ2) is 13.2. The Labute approximate surface area is 226 Å². The van der Waals surface area contributed by atoms with Gasteiger partial charge in [-0.1, -0.05) is 52.5 Å². The first-order valence-corrected chi connectivity index (χ1v) is 15.9. The van der Waals surface area contributed by atoms with Crippen molar-refractivity contribution in [2.45, 2.75) is 115 Å². The van der Waals surface area contributed by atoms with Crippen molar-refractivity contribution in [2.75, 3.05) is 14.2 Å². The molecule has 0 spiro atoms. The molecule has 2 aliphatic carbocycles. The minimum Gasteiger partial charge on any atom is -0.496 e. The summed E-state index contributed by atoms with van der Waals surface area (Å²) in [6.07, 6.45) is 13.5. The van der Waals surface area contributed by atoms with Gasteiger partial charge < -0.3 is 18.9 Å². The third kappa shape index (κ3) is 6.56. The van der Waals surface area contributed by atoms with Gasteiger partial charge in [0.1, 0.15) is 23.0 Å². The Hall–Kier alpha value is -1.93. The van der Waals surface area contributed by atoms with E-state index in [2.05, 4.69) is 52.0 Å². The lowest BCUT2D eigenvalue weighted by atomic mass is 9.99. The first kappa shape index (κ1) is 28.1. The fourth-order valence-electron chi connectivity index (χ4n) is 6.23. The van der Waals surface area contributed by atoms with E-state index in [9.17, 15) is 0 Å². The molecular formula is C32H47O4P. The molecule has 0 N–H and O–H groups in total. The van der Waals surface area contributed by atoms with Crippen molar-refractivity contribution in [3.05, 3.63) is 30.3 Å². The van der Waals surface area contributed by atoms with Gasteiger partial charge in [0.05, 0.1) is 32.0 Å². The van der Waals surface area contributed by atoms with Crippen molar-refractivity contribution >= 4 is 13.2 Å². The number of rotatable bonds is 10. The Morgan fingerprint density at radius 1 is 0.595 bits per heavy atom. The molecule has 37 heavy (non-hydrogen) atoms. The van der Waals surface area contributed by atoms with Gasteiger partial charge in [0.15, 0.2) is 0 Å². The van der Waals surface area contributed by atoms with Crippen LogP contribution in [0.5, 0.6) is 23.0 Å². The summed E-state index contributed by atoms with van der Waals surface area (Å²) in [4.78, 5) is 0. The minimum absolute atomic E-state index is 0.0475. The third-order valence-electron chi connectivity index (χ3n) is 7.70. The van der Waals surface area contributed by atoms with Gasteiger partial charge >= 0.3 is 0 Å². The van der Waals surface area contributed by atoms with E-state index in [-0.39, 0.29) is 12.2 Å². The van der Waals surface area contributed by atoms with Crippen LogP contribution in [0.3, 0.4) is 0 Å². The molecule has 204 valence electrons. The fraction of sp³-hybridized carbons (Fsp3) is 0.625. The molecule has 2 aromatic carbocycles. The highest BCUT2D eigenvalue weighted by Crippen LogP contribution is 2.60. The Balaban J connectivity index is 2.02. The van der Waals surface area contributed by atoms with Crippen LogP contribution in [0.2, 0.25) is 0 Å². The SMILES string of the molecule is COc1ccc(OC)c(P(C2CCCCC2)C2CCCCC2)c1-c1c(OC(C)C)cccc1OC(C)C. The number of hydrogen-bond donors (Lipinski definition) is 0. The van der Waals surface area contributed by atoms with E-state index in [4.69, 9.17) is 18.9 Å². The standard InChI is InChI=1S/C32H47O4P/c1-22(2)35-27-18-13-19-28(36-23(3)4)30(27)31-26(33-5)20-21-29(34-6)32(31)37(24-14-9-7-10-15-24)25-16-11-8-12-17-25/h13,18-25H,7-12,14-17H2,1-6H3. The van der Waals surface area contributed by atoms with Gasteiger partial charge in [0.2, 0.25) is 0 Å². The van der Waals surface area contributed by atoms with Crippen molar-refractivity contribution in [2.24, 2.45) is 0 Å². The van der Waals surface area contributed by atoms with Crippen LogP contribution in [0.25, 0.3) is 11.1 Å². The second-order valence-electron chi connectivity index (χ2n) is 11.1. The lowest BCUT2D eigenvalue weighted by Gasteiger charge is -2.40. The highest BCUT2D eigenvalue weighted by molar-refractivity contribution is 7.67. The van der Waals surface area contributed by atoms with E-state index < -0.39 is 7.92 Å². The summed E-state index contributed by atoms with van der Waals surface area (Å²) < 4.78 is 25.2. The zero-order valence-electron chi connectivity index (χ0n) is 23.8. The van der Waals surface area contributed by atoms with Crippen LogP contribution in [-0.2, 0) is 0 Å². The predicted octanol–water partition coefficient (Wildman–Crippen LogP) is 8.72. The molecule has 0 saturated heterocycles. The molecule has 0 amide bonds. The first-order chi connectivity index (χ1) is 17.9. The Morgan fingerprint density at radius 3 is 1.49 bits per heavy atom. The molecule has 0 radical (unpaired) electrons. The highest BCUT2D eigenvalue weighted by Gasteiger charge is 2.38. The molecule has 4 nitrogen and oxygen atoms in total. The Kier molecular flexibility index (Phi) is 10.0. The first-order valence-electron chi connectivity index (χ1n) is 14.4. The topological polar surface area (TPSA) is 36.9 Å². The van der Waals surface area contributed by atoms with E-state index in [1.807, 2.05) is 13.2 Å². The fourth-order valence-corrected chi connectivity index (χ4v) is 10.3. The molecule has 2 saturated carbocycles. The average Bonchev–Trinajstić information content (AvgIpc) is 2.89. The van der Waals surface area contributed by atoms with E-state index in [1.165, 1.54) is 69.5 Å². The van der Waals surface area contributed by atoms with Crippen LogP contribution in [0, 0.1) is 0 Å². The van der Waals surface area contributed by atoms with Crippen molar-refractivity contribution in [3.8, 4) is 34.1 Å². The molecule has 0 aromatic heterocycles. The summed E-state index contributed by atoms with van der Waals surface area (Å²) >= 11 is 0. The van der Waals surface area contributed by atoms with E-state index in [1.54, 1.807) is 7.11 Å². The molecule has 5 heteroatoms. The molecule has 0 bridgehead atoms. The number of methoxy groups -OCH3 is 2. The summed E-state index contributed by atoms with van der Waals surface area (Å²) in [5.41, 5.74) is 3.57. The van der Waals surface area contributed by atoms with Crippen molar-refractivity contribution in [1.82, 2.24) is 0 Å². The van der Waals surface area contributed by atoms with Crippen LogP contribution < -0.4 is 24.3 Å². The molecule has 2 aliphatic rings. The summed E-state index contributed by atoms with van der Waals surface area (Å²) in [5, 5.41) is 1.36. The van der Waals surface area contributed by atoms with Crippen LogP contribution in [0.4, 0.5) is 0 Å². The smallest absolute Gasteiger partial charge is 0.131 e. The Bertz CT molecular complexity index is 960. The zero-order chi connectivity index (χ0) is 26.4. The average molecular weight is 527 g/mol. The molecule has 2 fully saturated rings. The maximum absolute atomic E-state index is 6.45. The third-order valence-corrected chi connectivity index (χ3v) is 11.3. The zero-order valence-corrected chi connectivity index (χ0v) is 24.7. The monoisotopic (exact) mass is 526 g/mol. The van der Waals surface area contributed by atoms with Crippen LogP contribution in [0.1, 0.15) is 91.9 Å².